The van der Waals surface area contributed by atoms with Crippen LogP contribution in [0.25, 0.3) is 0 Å². The van der Waals surface area contributed by atoms with E-state index in [0.29, 0.717) is 0 Å². The van der Waals surface area contributed by atoms with Gasteiger partial charge < -0.3 is 0 Å². The molecule has 1 unspecified atom stereocenters. The van der Waals surface area contributed by atoms with Gasteiger partial charge in [-0.25, -0.2) is 0 Å². The maximum atomic E-state index is 2.41. The van der Waals surface area contributed by atoms with Gasteiger partial charge in [0, 0.05) is 0 Å². The minimum atomic E-state index is 0.828. The molecular weight excluding hydrogens is 216 g/mol. The van der Waals surface area contributed by atoms with Crippen LogP contribution in [0.2, 0.25) is 0 Å². The van der Waals surface area contributed by atoms with Gasteiger partial charge in [-0.05, 0) is 31.6 Å². The van der Waals surface area contributed by atoms with E-state index in [0.717, 1.165) is 11.8 Å². The van der Waals surface area contributed by atoms with Crippen LogP contribution in [-0.4, -0.2) is 0 Å². The molecule has 0 nitrogen and oxygen atoms in total. The van der Waals surface area contributed by atoms with Crippen molar-refractivity contribution in [3.63, 3.8) is 0 Å². The van der Waals surface area contributed by atoms with Crippen molar-refractivity contribution in [3.8, 4) is 0 Å². The van der Waals surface area contributed by atoms with Crippen molar-refractivity contribution < 1.29 is 0 Å². The number of unbranched alkanes of at least 4 members (excludes halogenated alkanes) is 5. The van der Waals surface area contributed by atoms with E-state index in [9.17, 15) is 0 Å². The Bertz CT molecular complexity index is 257. The van der Waals surface area contributed by atoms with Crippen LogP contribution in [-0.2, 0) is 0 Å². The molecule has 1 rings (SSSR count). The van der Waals surface area contributed by atoms with Gasteiger partial charge in [0.1, 0.15) is 0 Å². The van der Waals surface area contributed by atoms with Crippen LogP contribution < -0.4 is 0 Å². The molecule has 0 amide bonds. The summed E-state index contributed by atoms with van der Waals surface area (Å²) < 4.78 is 0. The lowest BCUT2D eigenvalue weighted by Gasteiger charge is -2.14. The molecule has 0 saturated carbocycles. The third-order valence-electron chi connectivity index (χ3n) is 3.98. The Morgan fingerprint density at radius 3 is 2.33 bits per heavy atom. The molecule has 0 aromatic carbocycles. The summed E-state index contributed by atoms with van der Waals surface area (Å²) in [6.07, 6.45) is 19.8. The molecule has 0 aromatic rings. The van der Waals surface area contributed by atoms with E-state index >= 15 is 0 Å². The van der Waals surface area contributed by atoms with Gasteiger partial charge in [-0.1, -0.05) is 82.6 Å². The van der Waals surface area contributed by atoms with Crippen molar-refractivity contribution in [3.05, 3.63) is 23.8 Å². The first-order valence-electron chi connectivity index (χ1n) is 8.03. The van der Waals surface area contributed by atoms with Crippen LogP contribution >= 0.6 is 0 Å². The monoisotopic (exact) mass is 248 g/mol. The molecule has 0 bridgehead atoms. The first kappa shape index (κ1) is 15.5. The number of hydrogen-bond donors (Lipinski definition) is 0. The number of rotatable bonds is 9. The molecule has 0 aromatic heterocycles. The largest absolute Gasteiger partial charge is 0.0810 e. The Labute approximate surface area is 115 Å². The van der Waals surface area contributed by atoms with E-state index in [1.807, 2.05) is 0 Å². The van der Waals surface area contributed by atoms with Gasteiger partial charge in [-0.15, -0.1) is 0 Å². The van der Waals surface area contributed by atoms with Gasteiger partial charge >= 0.3 is 0 Å². The third-order valence-corrected chi connectivity index (χ3v) is 3.98. The molecule has 18 heavy (non-hydrogen) atoms. The number of hydrogen-bond acceptors (Lipinski definition) is 0. The minimum absolute atomic E-state index is 0.828. The molecule has 0 aliphatic heterocycles. The van der Waals surface area contributed by atoms with Crippen molar-refractivity contribution in [2.24, 2.45) is 11.8 Å². The molecule has 104 valence electrons. The van der Waals surface area contributed by atoms with Crippen molar-refractivity contribution in [1.29, 1.82) is 0 Å². The molecule has 0 saturated heterocycles. The Kier molecular flexibility index (Phi) is 8.13. The van der Waals surface area contributed by atoms with E-state index in [-0.39, 0.29) is 0 Å². The normalized spacial score (nSPS) is 19.3. The smallest absolute Gasteiger partial charge is 0.0195 e. The molecule has 0 fully saturated rings. The summed E-state index contributed by atoms with van der Waals surface area (Å²) in [5.74, 6) is 1.72. The molecule has 1 aliphatic rings. The summed E-state index contributed by atoms with van der Waals surface area (Å²) in [6, 6.07) is 0. The zero-order chi connectivity index (χ0) is 13.2. The molecule has 1 aliphatic carbocycles. The third kappa shape index (κ3) is 7.74. The highest BCUT2D eigenvalue weighted by Crippen LogP contribution is 2.22. The van der Waals surface area contributed by atoms with Gasteiger partial charge in [-0.2, -0.15) is 0 Å². The second kappa shape index (κ2) is 9.42. The standard InChI is InChI=1S/C18H32/c1-16(2)10-8-6-4-5-7-9-11-18-14-12-17(3)13-15-18/h12-14,16,18H,4-11,15H2,1-3H3. The van der Waals surface area contributed by atoms with Gasteiger partial charge in [0.2, 0.25) is 0 Å². The fourth-order valence-electron chi connectivity index (χ4n) is 2.65. The summed E-state index contributed by atoms with van der Waals surface area (Å²) in [5, 5.41) is 0. The van der Waals surface area contributed by atoms with Crippen molar-refractivity contribution in [1.82, 2.24) is 0 Å². The van der Waals surface area contributed by atoms with Crippen LogP contribution in [0.5, 0.6) is 0 Å². The van der Waals surface area contributed by atoms with Crippen LogP contribution in [0, 0.1) is 11.8 Å². The predicted octanol–water partition coefficient (Wildman–Crippen LogP) is 6.29. The van der Waals surface area contributed by atoms with E-state index in [1.54, 1.807) is 0 Å². The van der Waals surface area contributed by atoms with Gasteiger partial charge in [0.25, 0.3) is 0 Å². The molecule has 1 atom stereocenters. The van der Waals surface area contributed by atoms with Crippen LogP contribution in [0.1, 0.15) is 78.6 Å². The van der Waals surface area contributed by atoms with Crippen molar-refractivity contribution in [2.45, 2.75) is 78.6 Å². The van der Waals surface area contributed by atoms with Crippen LogP contribution in [0.4, 0.5) is 0 Å². The Morgan fingerprint density at radius 2 is 1.72 bits per heavy atom. The van der Waals surface area contributed by atoms with Crippen LogP contribution in [0.15, 0.2) is 23.8 Å². The lowest BCUT2D eigenvalue weighted by Crippen LogP contribution is -1.99. The lowest BCUT2D eigenvalue weighted by atomic mass is 9.92. The minimum Gasteiger partial charge on any atom is -0.0810 e. The first-order valence-corrected chi connectivity index (χ1v) is 8.03. The van der Waals surface area contributed by atoms with E-state index in [2.05, 4.69) is 39.0 Å². The molecule has 0 N–H and O–H groups in total. The number of allylic oxidation sites excluding steroid dienone is 4. The molecular formula is C18H32. The average molecular weight is 248 g/mol. The summed E-state index contributed by atoms with van der Waals surface area (Å²) in [4.78, 5) is 0. The maximum Gasteiger partial charge on any atom is -0.0195 e. The first-order chi connectivity index (χ1) is 8.68. The molecule has 0 heteroatoms. The molecule has 0 heterocycles. The van der Waals surface area contributed by atoms with Crippen LogP contribution in [0.3, 0.4) is 0 Å². The van der Waals surface area contributed by atoms with E-state index < -0.39 is 0 Å². The van der Waals surface area contributed by atoms with Crippen molar-refractivity contribution >= 4 is 0 Å². The van der Waals surface area contributed by atoms with Crippen molar-refractivity contribution in [2.75, 3.05) is 0 Å². The highest BCUT2D eigenvalue weighted by Gasteiger charge is 2.06. The summed E-state index contributed by atoms with van der Waals surface area (Å²) in [5.41, 5.74) is 1.44. The summed E-state index contributed by atoms with van der Waals surface area (Å²) in [6.45, 7) is 6.85. The lowest BCUT2D eigenvalue weighted by molar-refractivity contribution is 0.493. The molecule has 0 spiro atoms. The van der Waals surface area contributed by atoms with E-state index in [1.165, 1.54) is 63.4 Å². The van der Waals surface area contributed by atoms with E-state index in [4.69, 9.17) is 0 Å². The second-order valence-corrected chi connectivity index (χ2v) is 6.40. The SMILES string of the molecule is CC1=CCC(CCCCCCCCC(C)C)C=C1. The average Bonchev–Trinajstić information content (AvgIpc) is 2.34. The van der Waals surface area contributed by atoms with Gasteiger partial charge in [-0.3, -0.25) is 0 Å². The van der Waals surface area contributed by atoms with Gasteiger partial charge in [0.15, 0.2) is 0 Å². The fourth-order valence-corrected chi connectivity index (χ4v) is 2.65. The molecule has 0 radical (unpaired) electrons. The summed E-state index contributed by atoms with van der Waals surface area (Å²) >= 11 is 0. The zero-order valence-corrected chi connectivity index (χ0v) is 12.8. The van der Waals surface area contributed by atoms with Gasteiger partial charge in [0.05, 0.1) is 0 Å². The highest BCUT2D eigenvalue weighted by molar-refractivity contribution is 5.21. The highest BCUT2D eigenvalue weighted by atomic mass is 14.1. The predicted molar refractivity (Wildman–Crippen MR) is 82.8 cm³/mol. The Morgan fingerprint density at radius 1 is 1.06 bits per heavy atom. The summed E-state index contributed by atoms with van der Waals surface area (Å²) in [7, 11) is 0. The Hall–Kier alpha value is -0.520. The fraction of sp³-hybridized carbons (Fsp3) is 0.778. The maximum absolute atomic E-state index is 2.41. The zero-order valence-electron chi connectivity index (χ0n) is 12.8. The topological polar surface area (TPSA) is 0 Å². The second-order valence-electron chi connectivity index (χ2n) is 6.40. The Balaban J connectivity index is 1.86. The quantitative estimate of drug-likeness (QED) is 0.421.